The van der Waals surface area contributed by atoms with Crippen molar-refractivity contribution in [3.05, 3.63) is 54.0 Å². The van der Waals surface area contributed by atoms with Gasteiger partial charge in [-0.2, -0.15) is 0 Å². The molecule has 30 heavy (non-hydrogen) atoms. The highest BCUT2D eigenvalue weighted by atomic mass is 16.5. The summed E-state index contributed by atoms with van der Waals surface area (Å²) >= 11 is 0. The van der Waals surface area contributed by atoms with E-state index in [1.54, 1.807) is 20.5 Å². The molecule has 1 aliphatic heterocycles. The van der Waals surface area contributed by atoms with Crippen LogP contribution < -0.4 is 10.1 Å². The van der Waals surface area contributed by atoms with Gasteiger partial charge in [0.25, 0.3) is 0 Å². The van der Waals surface area contributed by atoms with Crippen LogP contribution in [0.2, 0.25) is 0 Å². The van der Waals surface area contributed by atoms with Gasteiger partial charge in [-0.15, -0.1) is 0 Å². The molecule has 0 amide bonds. The first-order valence-electron chi connectivity index (χ1n) is 10.5. The van der Waals surface area contributed by atoms with Crippen LogP contribution in [0.5, 0.6) is 5.75 Å². The van der Waals surface area contributed by atoms with Crippen LogP contribution in [0, 0.1) is 5.92 Å². The molecule has 1 unspecified atom stereocenters. The van der Waals surface area contributed by atoms with E-state index in [0.29, 0.717) is 25.7 Å². The van der Waals surface area contributed by atoms with Gasteiger partial charge in [-0.1, -0.05) is 12.1 Å². The smallest absolute Gasteiger partial charge is 0.194 e. The number of ether oxygens (including phenoxy) is 3. The van der Waals surface area contributed by atoms with E-state index >= 15 is 0 Å². The van der Waals surface area contributed by atoms with Gasteiger partial charge in [0.05, 0.1) is 39.7 Å². The first-order valence-corrected chi connectivity index (χ1v) is 10.5. The van der Waals surface area contributed by atoms with E-state index in [2.05, 4.69) is 22.3 Å². The second-order valence-electron chi connectivity index (χ2n) is 7.41. The first kappa shape index (κ1) is 22.2. The minimum absolute atomic E-state index is 0.514. The minimum Gasteiger partial charge on any atom is -0.497 e. The second-order valence-corrected chi connectivity index (χ2v) is 7.41. The molecule has 1 aromatic carbocycles. The summed E-state index contributed by atoms with van der Waals surface area (Å²) in [6.45, 7) is 5.37. The molecule has 7 heteroatoms. The van der Waals surface area contributed by atoms with Crippen molar-refractivity contribution in [3.63, 3.8) is 0 Å². The molecule has 0 bridgehead atoms. The summed E-state index contributed by atoms with van der Waals surface area (Å²) in [5.41, 5.74) is 1.15. The topological polar surface area (TPSA) is 68.5 Å². The number of hydrogen-bond donors (Lipinski definition) is 1. The summed E-state index contributed by atoms with van der Waals surface area (Å²) in [6.07, 6.45) is 3.64. The molecule has 1 fully saturated rings. The highest BCUT2D eigenvalue weighted by Crippen LogP contribution is 2.18. The third-order valence-corrected chi connectivity index (χ3v) is 5.18. The fourth-order valence-corrected chi connectivity index (χ4v) is 3.47. The summed E-state index contributed by atoms with van der Waals surface area (Å²) in [5.74, 6) is 3.29. The number of nitrogens with zero attached hydrogens (tertiary/aromatic N) is 2. The Morgan fingerprint density at radius 1 is 1.20 bits per heavy atom. The predicted molar refractivity (Wildman–Crippen MR) is 117 cm³/mol. The van der Waals surface area contributed by atoms with Gasteiger partial charge < -0.3 is 28.8 Å². The summed E-state index contributed by atoms with van der Waals surface area (Å²) in [4.78, 5) is 7.22. The summed E-state index contributed by atoms with van der Waals surface area (Å²) < 4.78 is 21.5. The molecule has 7 nitrogen and oxygen atoms in total. The van der Waals surface area contributed by atoms with Crippen molar-refractivity contribution >= 4 is 5.96 Å². The van der Waals surface area contributed by atoms with Crippen LogP contribution in [0.3, 0.4) is 0 Å². The van der Waals surface area contributed by atoms with Gasteiger partial charge in [0.2, 0.25) is 0 Å². The van der Waals surface area contributed by atoms with E-state index in [9.17, 15) is 0 Å². The van der Waals surface area contributed by atoms with Crippen molar-refractivity contribution in [2.45, 2.75) is 19.4 Å². The summed E-state index contributed by atoms with van der Waals surface area (Å²) in [7, 11) is 3.37. The Labute approximate surface area is 179 Å². The fraction of sp³-hybridized carbons (Fsp3) is 0.522. The molecule has 2 heterocycles. The van der Waals surface area contributed by atoms with Crippen LogP contribution in [0.4, 0.5) is 0 Å². The average Bonchev–Trinajstić information content (AvgIpc) is 3.46. The van der Waals surface area contributed by atoms with Gasteiger partial charge in [0.1, 0.15) is 11.5 Å². The zero-order chi connectivity index (χ0) is 21.0. The number of nitrogens with one attached hydrogen (secondary N) is 1. The molecule has 1 atom stereocenters. The maximum atomic E-state index is 5.73. The number of guanidine groups is 1. The maximum absolute atomic E-state index is 5.73. The number of rotatable bonds is 11. The molecule has 1 aliphatic rings. The Bertz CT molecular complexity index is 746. The molecule has 2 aromatic rings. The Balaban J connectivity index is 1.56. The third kappa shape index (κ3) is 7.07. The number of hydrogen-bond acceptors (Lipinski definition) is 5. The molecule has 164 valence electrons. The van der Waals surface area contributed by atoms with Crippen molar-refractivity contribution in [1.82, 2.24) is 10.2 Å². The van der Waals surface area contributed by atoms with Gasteiger partial charge in [0, 0.05) is 39.1 Å². The summed E-state index contributed by atoms with van der Waals surface area (Å²) in [6, 6.07) is 12.0. The van der Waals surface area contributed by atoms with Gasteiger partial charge in [0.15, 0.2) is 5.96 Å². The Hall–Kier alpha value is -2.51. The minimum atomic E-state index is 0.514. The number of benzene rings is 1. The maximum Gasteiger partial charge on any atom is 0.194 e. The second kappa shape index (κ2) is 12.2. The van der Waals surface area contributed by atoms with E-state index in [4.69, 9.17) is 23.6 Å². The molecular weight excluding hydrogens is 382 g/mol. The van der Waals surface area contributed by atoms with Crippen LogP contribution in [0.25, 0.3) is 0 Å². The Morgan fingerprint density at radius 2 is 2.07 bits per heavy atom. The Morgan fingerprint density at radius 3 is 2.80 bits per heavy atom. The number of aliphatic imine (C=N–C) groups is 1. The van der Waals surface area contributed by atoms with Crippen LogP contribution in [-0.2, 0) is 22.4 Å². The monoisotopic (exact) mass is 415 g/mol. The van der Waals surface area contributed by atoms with E-state index in [-0.39, 0.29) is 0 Å². The number of likely N-dealkylation sites (tertiary alicyclic amines) is 1. The summed E-state index contributed by atoms with van der Waals surface area (Å²) in [5, 5.41) is 3.52. The van der Waals surface area contributed by atoms with Crippen LogP contribution >= 0.6 is 0 Å². The van der Waals surface area contributed by atoms with E-state index in [1.165, 1.54) is 0 Å². The Kier molecular flexibility index (Phi) is 9.05. The van der Waals surface area contributed by atoms with Crippen LogP contribution in [0.1, 0.15) is 17.7 Å². The van der Waals surface area contributed by atoms with Gasteiger partial charge in [-0.05, 0) is 36.2 Å². The molecule has 0 spiro atoms. The predicted octanol–water partition coefficient (Wildman–Crippen LogP) is 2.96. The molecular formula is C23H33N3O4. The fourth-order valence-electron chi connectivity index (χ4n) is 3.47. The standard InChI is InChI=1S/C23H33N3O4/c1-27-14-15-29-18-20-10-12-26(17-20)23(24-11-9-22-4-3-13-30-22)25-16-19-5-7-21(28-2)8-6-19/h3-8,13,20H,9-12,14-18H2,1-2H3,(H,24,25). The normalized spacial score (nSPS) is 16.8. The van der Waals surface area contributed by atoms with Crippen molar-refractivity contribution < 1.29 is 18.6 Å². The van der Waals surface area contributed by atoms with Crippen molar-refractivity contribution in [2.75, 3.05) is 53.7 Å². The third-order valence-electron chi connectivity index (χ3n) is 5.18. The van der Waals surface area contributed by atoms with Crippen molar-refractivity contribution in [3.8, 4) is 5.75 Å². The molecule has 3 rings (SSSR count). The highest BCUT2D eigenvalue weighted by molar-refractivity contribution is 5.80. The highest BCUT2D eigenvalue weighted by Gasteiger charge is 2.25. The molecule has 0 radical (unpaired) electrons. The molecule has 0 saturated carbocycles. The largest absolute Gasteiger partial charge is 0.497 e. The van der Waals surface area contributed by atoms with E-state index < -0.39 is 0 Å². The SMILES string of the molecule is COCCOCC1CCN(C(=NCc2ccc(OC)cc2)NCCc2ccco2)C1. The lowest BCUT2D eigenvalue weighted by molar-refractivity contribution is 0.0536. The van der Waals surface area contributed by atoms with E-state index in [0.717, 1.165) is 62.1 Å². The zero-order valence-corrected chi connectivity index (χ0v) is 18.0. The molecule has 1 N–H and O–H groups in total. The van der Waals surface area contributed by atoms with Gasteiger partial charge >= 0.3 is 0 Å². The molecule has 0 aliphatic carbocycles. The lowest BCUT2D eigenvalue weighted by Crippen LogP contribution is -2.41. The molecule has 1 saturated heterocycles. The van der Waals surface area contributed by atoms with Gasteiger partial charge in [-0.25, -0.2) is 4.99 Å². The lowest BCUT2D eigenvalue weighted by Gasteiger charge is -2.22. The number of methoxy groups -OCH3 is 2. The number of furan rings is 1. The van der Waals surface area contributed by atoms with Crippen molar-refractivity contribution in [1.29, 1.82) is 0 Å². The average molecular weight is 416 g/mol. The molecule has 1 aromatic heterocycles. The quantitative estimate of drug-likeness (QED) is 0.346. The van der Waals surface area contributed by atoms with Crippen LogP contribution in [0.15, 0.2) is 52.1 Å². The zero-order valence-electron chi connectivity index (χ0n) is 18.0. The lowest BCUT2D eigenvalue weighted by atomic mass is 10.1. The van der Waals surface area contributed by atoms with Gasteiger partial charge in [-0.3, -0.25) is 0 Å². The van der Waals surface area contributed by atoms with E-state index in [1.807, 2.05) is 24.3 Å². The first-order chi connectivity index (χ1) is 14.8. The van der Waals surface area contributed by atoms with Crippen molar-refractivity contribution in [2.24, 2.45) is 10.9 Å². The van der Waals surface area contributed by atoms with Crippen LogP contribution in [-0.4, -0.2) is 64.5 Å².